The highest BCUT2D eigenvalue weighted by Gasteiger charge is 2.20. The summed E-state index contributed by atoms with van der Waals surface area (Å²) in [6.45, 7) is 3.87. The van der Waals surface area contributed by atoms with E-state index >= 15 is 0 Å². The van der Waals surface area contributed by atoms with Crippen LogP contribution in [0.15, 0.2) is 24.5 Å². The molecule has 2 heterocycles. The zero-order valence-corrected chi connectivity index (χ0v) is 11.8. The lowest BCUT2D eigenvalue weighted by atomic mass is 9.99. The third-order valence-electron chi connectivity index (χ3n) is 3.47. The van der Waals surface area contributed by atoms with Crippen molar-refractivity contribution in [3.63, 3.8) is 0 Å². The molecule has 0 unspecified atom stereocenters. The SMILES string of the molecule is O=C(NCCCNCc1cccnc1)C1CCOCC1. The summed E-state index contributed by atoms with van der Waals surface area (Å²) < 4.78 is 5.25. The smallest absolute Gasteiger partial charge is 0.223 e. The number of hydrogen-bond donors (Lipinski definition) is 2. The lowest BCUT2D eigenvalue weighted by Crippen LogP contribution is -2.35. The highest BCUT2D eigenvalue weighted by atomic mass is 16.5. The molecule has 2 N–H and O–H groups in total. The van der Waals surface area contributed by atoms with Gasteiger partial charge in [0.15, 0.2) is 0 Å². The number of nitrogens with zero attached hydrogens (tertiary/aromatic N) is 1. The Labute approximate surface area is 120 Å². The first-order valence-corrected chi connectivity index (χ1v) is 7.31. The van der Waals surface area contributed by atoms with E-state index < -0.39 is 0 Å². The van der Waals surface area contributed by atoms with Gasteiger partial charge in [-0.05, 0) is 37.4 Å². The molecule has 0 aromatic carbocycles. The van der Waals surface area contributed by atoms with Crippen molar-refractivity contribution in [3.05, 3.63) is 30.1 Å². The van der Waals surface area contributed by atoms with Crippen LogP contribution in [-0.4, -0.2) is 37.2 Å². The molecule has 0 radical (unpaired) electrons. The average molecular weight is 277 g/mol. The number of carbonyl (C=O) groups excluding carboxylic acids is 1. The van der Waals surface area contributed by atoms with Crippen LogP contribution in [0.3, 0.4) is 0 Å². The van der Waals surface area contributed by atoms with E-state index in [4.69, 9.17) is 4.74 Å². The lowest BCUT2D eigenvalue weighted by Gasteiger charge is -2.21. The first kappa shape index (κ1) is 14.9. The van der Waals surface area contributed by atoms with Crippen molar-refractivity contribution in [2.45, 2.75) is 25.8 Å². The Morgan fingerprint density at radius 3 is 2.95 bits per heavy atom. The van der Waals surface area contributed by atoms with Crippen LogP contribution in [-0.2, 0) is 16.1 Å². The number of hydrogen-bond acceptors (Lipinski definition) is 4. The van der Waals surface area contributed by atoms with Gasteiger partial charge in [0.05, 0.1) is 0 Å². The second-order valence-electron chi connectivity index (χ2n) is 5.07. The molecule has 5 nitrogen and oxygen atoms in total. The summed E-state index contributed by atoms with van der Waals surface area (Å²) in [5.41, 5.74) is 1.18. The van der Waals surface area contributed by atoms with Crippen LogP contribution in [0.25, 0.3) is 0 Å². The number of rotatable bonds is 7. The normalized spacial score (nSPS) is 16.0. The number of amides is 1. The molecule has 20 heavy (non-hydrogen) atoms. The minimum Gasteiger partial charge on any atom is -0.381 e. The molecule has 0 aliphatic carbocycles. The van der Waals surface area contributed by atoms with Crippen LogP contribution in [0.4, 0.5) is 0 Å². The predicted molar refractivity (Wildman–Crippen MR) is 77.1 cm³/mol. The van der Waals surface area contributed by atoms with Gasteiger partial charge < -0.3 is 15.4 Å². The molecule has 1 amide bonds. The standard InChI is InChI=1S/C15H23N3O2/c19-15(14-4-9-20-10-5-14)18-8-2-7-17-12-13-3-1-6-16-11-13/h1,3,6,11,14,17H,2,4-5,7-10,12H2,(H,18,19). The third-order valence-corrected chi connectivity index (χ3v) is 3.47. The van der Waals surface area contributed by atoms with Crippen LogP contribution in [0, 0.1) is 5.92 Å². The zero-order chi connectivity index (χ0) is 14.0. The minimum absolute atomic E-state index is 0.145. The first-order valence-electron chi connectivity index (χ1n) is 7.31. The van der Waals surface area contributed by atoms with Gasteiger partial charge in [0.2, 0.25) is 5.91 Å². The molecule has 0 saturated carbocycles. The van der Waals surface area contributed by atoms with Crippen molar-refractivity contribution in [3.8, 4) is 0 Å². The van der Waals surface area contributed by atoms with Crippen molar-refractivity contribution >= 4 is 5.91 Å². The summed E-state index contributed by atoms with van der Waals surface area (Å²) in [6, 6.07) is 3.98. The topological polar surface area (TPSA) is 63.2 Å². The van der Waals surface area contributed by atoms with Gasteiger partial charge in [0, 0.05) is 44.6 Å². The largest absolute Gasteiger partial charge is 0.381 e. The molecule has 1 saturated heterocycles. The van der Waals surface area contributed by atoms with E-state index in [1.54, 1.807) is 6.20 Å². The van der Waals surface area contributed by atoms with Crippen LogP contribution in [0.2, 0.25) is 0 Å². The van der Waals surface area contributed by atoms with E-state index in [0.717, 1.165) is 38.9 Å². The quantitative estimate of drug-likeness (QED) is 0.733. The molecular weight excluding hydrogens is 254 g/mol. The van der Waals surface area contributed by atoms with E-state index in [0.29, 0.717) is 13.2 Å². The van der Waals surface area contributed by atoms with Crippen LogP contribution < -0.4 is 10.6 Å². The van der Waals surface area contributed by atoms with Crippen molar-refractivity contribution in [1.29, 1.82) is 0 Å². The molecule has 1 fully saturated rings. The number of aromatic nitrogens is 1. The maximum atomic E-state index is 11.9. The molecule has 5 heteroatoms. The number of carbonyl (C=O) groups is 1. The van der Waals surface area contributed by atoms with E-state index in [1.807, 2.05) is 18.3 Å². The lowest BCUT2D eigenvalue weighted by molar-refractivity contribution is -0.127. The zero-order valence-electron chi connectivity index (χ0n) is 11.8. The Kier molecular flexibility index (Phi) is 6.47. The fourth-order valence-corrected chi connectivity index (χ4v) is 2.26. The van der Waals surface area contributed by atoms with Gasteiger partial charge in [0.1, 0.15) is 0 Å². The van der Waals surface area contributed by atoms with Gasteiger partial charge >= 0.3 is 0 Å². The Morgan fingerprint density at radius 2 is 2.20 bits per heavy atom. The summed E-state index contributed by atoms with van der Waals surface area (Å²) in [4.78, 5) is 15.9. The van der Waals surface area contributed by atoms with Crippen LogP contribution in [0.5, 0.6) is 0 Å². The van der Waals surface area contributed by atoms with E-state index in [9.17, 15) is 4.79 Å². The second-order valence-corrected chi connectivity index (χ2v) is 5.07. The molecule has 0 atom stereocenters. The Bertz CT molecular complexity index is 391. The Hall–Kier alpha value is -1.46. The molecule has 0 bridgehead atoms. The summed E-state index contributed by atoms with van der Waals surface area (Å²) in [7, 11) is 0. The number of ether oxygens (including phenoxy) is 1. The molecule has 1 aromatic heterocycles. The molecule has 2 rings (SSSR count). The van der Waals surface area contributed by atoms with Crippen molar-refractivity contribution in [2.75, 3.05) is 26.3 Å². The van der Waals surface area contributed by atoms with Gasteiger partial charge in [-0.2, -0.15) is 0 Å². The van der Waals surface area contributed by atoms with Crippen molar-refractivity contribution < 1.29 is 9.53 Å². The van der Waals surface area contributed by atoms with Gasteiger partial charge in [-0.3, -0.25) is 9.78 Å². The third kappa shape index (κ3) is 5.27. The van der Waals surface area contributed by atoms with Crippen LogP contribution >= 0.6 is 0 Å². The minimum atomic E-state index is 0.145. The first-order chi connectivity index (χ1) is 9.86. The summed E-state index contributed by atoms with van der Waals surface area (Å²) >= 11 is 0. The monoisotopic (exact) mass is 277 g/mol. The highest BCUT2D eigenvalue weighted by molar-refractivity contribution is 5.78. The second kappa shape index (κ2) is 8.66. The fourth-order valence-electron chi connectivity index (χ4n) is 2.26. The molecule has 1 aliphatic heterocycles. The summed E-state index contributed by atoms with van der Waals surface area (Å²) in [5.74, 6) is 0.327. The Balaban J connectivity index is 1.50. The molecule has 110 valence electrons. The number of nitrogens with one attached hydrogen (secondary N) is 2. The maximum Gasteiger partial charge on any atom is 0.223 e. The average Bonchev–Trinajstić information content (AvgIpc) is 2.52. The summed E-state index contributed by atoms with van der Waals surface area (Å²) in [6.07, 6.45) is 6.28. The molecule has 1 aliphatic rings. The Morgan fingerprint density at radius 1 is 1.35 bits per heavy atom. The van der Waals surface area contributed by atoms with Gasteiger partial charge in [-0.1, -0.05) is 6.07 Å². The van der Waals surface area contributed by atoms with E-state index in [1.165, 1.54) is 5.56 Å². The molecule has 1 aromatic rings. The van der Waals surface area contributed by atoms with Crippen LogP contribution in [0.1, 0.15) is 24.8 Å². The number of pyridine rings is 1. The highest BCUT2D eigenvalue weighted by Crippen LogP contribution is 2.14. The predicted octanol–water partition coefficient (Wildman–Crippen LogP) is 1.10. The van der Waals surface area contributed by atoms with Crippen molar-refractivity contribution in [2.24, 2.45) is 5.92 Å². The van der Waals surface area contributed by atoms with Gasteiger partial charge in [-0.25, -0.2) is 0 Å². The van der Waals surface area contributed by atoms with Crippen molar-refractivity contribution in [1.82, 2.24) is 15.6 Å². The maximum absolute atomic E-state index is 11.9. The summed E-state index contributed by atoms with van der Waals surface area (Å²) in [5, 5.41) is 6.35. The van der Waals surface area contributed by atoms with E-state index in [2.05, 4.69) is 15.6 Å². The fraction of sp³-hybridized carbons (Fsp3) is 0.600. The van der Waals surface area contributed by atoms with Gasteiger partial charge in [0.25, 0.3) is 0 Å². The van der Waals surface area contributed by atoms with E-state index in [-0.39, 0.29) is 11.8 Å². The van der Waals surface area contributed by atoms with Gasteiger partial charge in [-0.15, -0.1) is 0 Å². The molecular formula is C15H23N3O2. The molecule has 0 spiro atoms.